The molecule has 0 bridgehead atoms. The van der Waals surface area contributed by atoms with Crippen molar-refractivity contribution in [1.82, 2.24) is 19.8 Å². The summed E-state index contributed by atoms with van der Waals surface area (Å²) in [5.74, 6) is 1.19. The number of likely N-dealkylation sites (tertiary alicyclic amines) is 1. The zero-order chi connectivity index (χ0) is 13.9. The molecule has 4 nitrogen and oxygen atoms in total. The molecule has 0 aliphatic carbocycles. The molecule has 1 aromatic carbocycles. The molecule has 1 aliphatic rings. The zero-order valence-corrected chi connectivity index (χ0v) is 12.5. The first-order chi connectivity index (χ1) is 9.78. The van der Waals surface area contributed by atoms with Crippen LogP contribution in [0.5, 0.6) is 0 Å². The highest BCUT2D eigenvalue weighted by molar-refractivity contribution is 5.75. The molecule has 1 N–H and O–H groups in total. The minimum Gasteiger partial charge on any atom is -0.331 e. The number of imidazole rings is 1. The van der Waals surface area contributed by atoms with Crippen molar-refractivity contribution in [1.29, 1.82) is 0 Å². The van der Waals surface area contributed by atoms with Crippen molar-refractivity contribution >= 4 is 11.0 Å². The lowest BCUT2D eigenvalue weighted by Gasteiger charge is -2.32. The van der Waals surface area contributed by atoms with Gasteiger partial charge in [-0.25, -0.2) is 4.98 Å². The molecule has 20 heavy (non-hydrogen) atoms. The van der Waals surface area contributed by atoms with Crippen LogP contribution >= 0.6 is 0 Å². The predicted molar refractivity (Wildman–Crippen MR) is 82.9 cm³/mol. The zero-order valence-electron chi connectivity index (χ0n) is 12.5. The number of rotatable bonds is 4. The van der Waals surface area contributed by atoms with Crippen LogP contribution < -0.4 is 5.32 Å². The maximum atomic E-state index is 4.76. The van der Waals surface area contributed by atoms with Crippen LogP contribution in [0, 0.1) is 0 Å². The third-order valence-corrected chi connectivity index (χ3v) is 4.45. The van der Waals surface area contributed by atoms with E-state index in [2.05, 4.69) is 53.1 Å². The number of likely N-dealkylation sites (N-methyl/N-ethyl adjacent to an activating group) is 1. The van der Waals surface area contributed by atoms with Crippen molar-refractivity contribution in [3.8, 4) is 0 Å². The van der Waals surface area contributed by atoms with Crippen molar-refractivity contribution < 1.29 is 0 Å². The molecular formula is C16H24N4. The normalized spacial score (nSPS) is 20.6. The Morgan fingerprint density at radius 1 is 1.35 bits per heavy atom. The van der Waals surface area contributed by atoms with E-state index in [0.717, 1.165) is 18.5 Å². The second-order valence-corrected chi connectivity index (χ2v) is 5.75. The van der Waals surface area contributed by atoms with Crippen molar-refractivity contribution in [2.24, 2.45) is 7.05 Å². The predicted octanol–water partition coefficient (Wildman–Crippen LogP) is 1.80. The second kappa shape index (κ2) is 5.94. The molecule has 1 saturated heterocycles. The number of hydrogen-bond donors (Lipinski definition) is 1. The summed E-state index contributed by atoms with van der Waals surface area (Å²) in [6, 6.07) is 9.03. The molecule has 1 aromatic heterocycles. The van der Waals surface area contributed by atoms with Gasteiger partial charge in [0.05, 0.1) is 11.0 Å². The van der Waals surface area contributed by atoms with Crippen LogP contribution in [0.15, 0.2) is 24.3 Å². The van der Waals surface area contributed by atoms with Gasteiger partial charge in [0.1, 0.15) is 5.82 Å². The Hall–Kier alpha value is -1.39. The number of nitrogens with one attached hydrogen (secondary N) is 1. The lowest BCUT2D eigenvalue weighted by molar-refractivity contribution is 0.196. The second-order valence-electron chi connectivity index (χ2n) is 5.75. The summed E-state index contributed by atoms with van der Waals surface area (Å²) in [5, 5.41) is 3.40. The number of fused-ring (bicyclic) bond motifs is 1. The number of piperidine rings is 1. The molecule has 2 aromatic rings. The Morgan fingerprint density at radius 3 is 3.00 bits per heavy atom. The van der Waals surface area contributed by atoms with Crippen LogP contribution in [-0.4, -0.2) is 47.2 Å². The Balaban J connectivity index is 1.66. The molecular weight excluding hydrogens is 248 g/mol. The van der Waals surface area contributed by atoms with E-state index in [0.29, 0.717) is 6.04 Å². The van der Waals surface area contributed by atoms with Crippen LogP contribution in [0.25, 0.3) is 11.0 Å². The van der Waals surface area contributed by atoms with Gasteiger partial charge >= 0.3 is 0 Å². The van der Waals surface area contributed by atoms with E-state index in [9.17, 15) is 0 Å². The fourth-order valence-corrected chi connectivity index (χ4v) is 3.17. The Bertz CT molecular complexity index is 575. The molecule has 0 saturated carbocycles. The fourth-order valence-electron chi connectivity index (χ4n) is 3.17. The summed E-state index contributed by atoms with van der Waals surface area (Å²) in [6.45, 7) is 3.50. The summed E-state index contributed by atoms with van der Waals surface area (Å²) < 4.78 is 2.23. The average Bonchev–Trinajstić information content (AvgIpc) is 2.82. The number of nitrogens with zero attached hydrogens (tertiary/aromatic N) is 3. The van der Waals surface area contributed by atoms with E-state index < -0.39 is 0 Å². The average molecular weight is 272 g/mol. The third kappa shape index (κ3) is 2.72. The first-order valence-corrected chi connectivity index (χ1v) is 7.58. The van der Waals surface area contributed by atoms with E-state index in [4.69, 9.17) is 4.98 Å². The lowest BCUT2D eigenvalue weighted by Crippen LogP contribution is -2.45. The van der Waals surface area contributed by atoms with Gasteiger partial charge in [0.15, 0.2) is 0 Å². The lowest BCUT2D eigenvalue weighted by atomic mass is 10.1. The van der Waals surface area contributed by atoms with Crippen LogP contribution in [0.1, 0.15) is 18.7 Å². The van der Waals surface area contributed by atoms with Gasteiger partial charge in [0, 0.05) is 32.6 Å². The Labute approximate surface area is 120 Å². The van der Waals surface area contributed by atoms with Crippen molar-refractivity contribution in [2.45, 2.75) is 25.3 Å². The molecule has 2 heterocycles. The molecule has 1 unspecified atom stereocenters. The summed E-state index contributed by atoms with van der Waals surface area (Å²) in [5.41, 5.74) is 2.34. The quantitative estimate of drug-likeness (QED) is 0.921. The summed E-state index contributed by atoms with van der Waals surface area (Å²) in [7, 11) is 4.19. The molecule has 0 radical (unpaired) electrons. The van der Waals surface area contributed by atoms with Gasteiger partial charge in [-0.2, -0.15) is 0 Å². The van der Waals surface area contributed by atoms with E-state index in [1.165, 1.54) is 37.3 Å². The summed E-state index contributed by atoms with van der Waals surface area (Å²) in [6.07, 6.45) is 3.63. The van der Waals surface area contributed by atoms with Gasteiger partial charge < -0.3 is 14.8 Å². The molecule has 1 atom stereocenters. The van der Waals surface area contributed by atoms with Crippen LogP contribution in [0.2, 0.25) is 0 Å². The summed E-state index contributed by atoms with van der Waals surface area (Å²) >= 11 is 0. The van der Waals surface area contributed by atoms with Crippen LogP contribution in [-0.2, 0) is 13.5 Å². The fraction of sp³-hybridized carbons (Fsp3) is 0.562. The van der Waals surface area contributed by atoms with Gasteiger partial charge in [0.2, 0.25) is 0 Å². The molecule has 1 aliphatic heterocycles. The molecule has 0 amide bonds. The topological polar surface area (TPSA) is 33.1 Å². The largest absolute Gasteiger partial charge is 0.331 e. The smallest absolute Gasteiger partial charge is 0.110 e. The van der Waals surface area contributed by atoms with Gasteiger partial charge in [0.25, 0.3) is 0 Å². The Morgan fingerprint density at radius 2 is 2.20 bits per heavy atom. The highest BCUT2D eigenvalue weighted by Crippen LogP contribution is 2.16. The molecule has 3 rings (SSSR count). The first-order valence-electron chi connectivity index (χ1n) is 7.58. The van der Waals surface area contributed by atoms with Crippen molar-refractivity contribution in [3.05, 3.63) is 30.1 Å². The molecule has 0 spiro atoms. The molecule has 1 fully saturated rings. The number of hydrogen-bond acceptors (Lipinski definition) is 3. The number of aryl methyl sites for hydroxylation is 1. The van der Waals surface area contributed by atoms with E-state index in [1.54, 1.807) is 0 Å². The standard InChI is InChI=1S/C16H24N4/c1-17-13-6-5-10-20(12-13)11-9-16-18-14-7-3-4-8-15(14)19(16)2/h3-4,7-8,13,17H,5-6,9-12H2,1-2H3. The Kier molecular flexibility index (Phi) is 4.03. The van der Waals surface area contributed by atoms with Gasteiger partial charge in [-0.15, -0.1) is 0 Å². The first kappa shape index (κ1) is 13.6. The molecule has 108 valence electrons. The van der Waals surface area contributed by atoms with Crippen LogP contribution in [0.3, 0.4) is 0 Å². The monoisotopic (exact) mass is 272 g/mol. The highest BCUT2D eigenvalue weighted by Gasteiger charge is 2.18. The van der Waals surface area contributed by atoms with Gasteiger partial charge in [-0.1, -0.05) is 12.1 Å². The van der Waals surface area contributed by atoms with E-state index >= 15 is 0 Å². The number of aromatic nitrogens is 2. The third-order valence-electron chi connectivity index (χ3n) is 4.45. The van der Waals surface area contributed by atoms with Gasteiger partial charge in [-0.3, -0.25) is 0 Å². The minimum atomic E-state index is 0.657. The maximum absolute atomic E-state index is 4.76. The van der Waals surface area contributed by atoms with Crippen molar-refractivity contribution in [2.75, 3.05) is 26.7 Å². The van der Waals surface area contributed by atoms with Gasteiger partial charge in [-0.05, 0) is 38.6 Å². The molecule has 4 heteroatoms. The SMILES string of the molecule is CNC1CCCN(CCc2nc3ccccc3n2C)C1. The number of para-hydroxylation sites is 2. The summed E-state index contributed by atoms with van der Waals surface area (Å²) in [4.78, 5) is 7.32. The van der Waals surface area contributed by atoms with Crippen molar-refractivity contribution in [3.63, 3.8) is 0 Å². The van der Waals surface area contributed by atoms with E-state index in [-0.39, 0.29) is 0 Å². The minimum absolute atomic E-state index is 0.657. The number of benzene rings is 1. The van der Waals surface area contributed by atoms with Crippen LogP contribution in [0.4, 0.5) is 0 Å². The highest BCUT2D eigenvalue weighted by atomic mass is 15.2. The van der Waals surface area contributed by atoms with E-state index in [1.807, 2.05) is 0 Å². The maximum Gasteiger partial charge on any atom is 0.110 e.